The van der Waals surface area contributed by atoms with Crippen LogP contribution in [0.3, 0.4) is 0 Å². The molecule has 0 saturated carbocycles. The molecule has 0 aliphatic heterocycles. The minimum atomic E-state index is -3.99. The molecule has 2 heterocycles. The zero-order valence-corrected chi connectivity index (χ0v) is 17.9. The van der Waals surface area contributed by atoms with Crippen LogP contribution in [0, 0.1) is 13.8 Å². The fraction of sp³-hybridized carbons (Fsp3) is 0.130. The largest absolute Gasteiger partial charge is 0.508 e. The SMILES string of the molecule is Cc1cccn2c(C)c(N(Cc3ccc(O)cc3)S(=O)(=O)c3ccc(C=O)cc3)nc12. The highest BCUT2D eigenvalue weighted by Crippen LogP contribution is 2.30. The monoisotopic (exact) mass is 435 g/mol. The Hall–Kier alpha value is -3.65. The molecule has 0 radical (unpaired) electrons. The van der Waals surface area contributed by atoms with Crippen LogP contribution in [0.25, 0.3) is 5.65 Å². The first-order valence-electron chi connectivity index (χ1n) is 9.61. The molecule has 31 heavy (non-hydrogen) atoms. The van der Waals surface area contributed by atoms with Crippen molar-refractivity contribution in [3.8, 4) is 5.75 Å². The van der Waals surface area contributed by atoms with Crippen LogP contribution in [0.15, 0.2) is 71.8 Å². The molecule has 158 valence electrons. The van der Waals surface area contributed by atoms with Crippen LogP contribution in [0.4, 0.5) is 5.82 Å². The molecule has 0 amide bonds. The lowest BCUT2D eigenvalue weighted by molar-refractivity contribution is 0.112. The number of phenols is 1. The highest BCUT2D eigenvalue weighted by molar-refractivity contribution is 7.92. The molecule has 2 aromatic heterocycles. The average Bonchev–Trinajstić information content (AvgIpc) is 3.11. The van der Waals surface area contributed by atoms with E-state index in [1.165, 1.54) is 40.7 Å². The van der Waals surface area contributed by atoms with Gasteiger partial charge in [0.15, 0.2) is 5.82 Å². The van der Waals surface area contributed by atoms with E-state index < -0.39 is 10.0 Å². The van der Waals surface area contributed by atoms with E-state index in [0.717, 1.165) is 5.56 Å². The number of nitrogens with zero attached hydrogens (tertiary/aromatic N) is 3. The zero-order chi connectivity index (χ0) is 22.2. The Balaban J connectivity index is 1.89. The number of aldehydes is 1. The van der Waals surface area contributed by atoms with Crippen molar-refractivity contribution in [1.82, 2.24) is 9.38 Å². The maximum atomic E-state index is 13.7. The number of hydrogen-bond acceptors (Lipinski definition) is 5. The molecule has 4 rings (SSSR count). The average molecular weight is 436 g/mol. The third-order valence-electron chi connectivity index (χ3n) is 5.16. The van der Waals surface area contributed by atoms with Crippen molar-refractivity contribution in [2.75, 3.05) is 4.31 Å². The van der Waals surface area contributed by atoms with Gasteiger partial charge in [-0.05, 0) is 55.3 Å². The molecular weight excluding hydrogens is 414 g/mol. The molecule has 0 aliphatic rings. The van der Waals surface area contributed by atoms with E-state index >= 15 is 0 Å². The molecule has 0 aliphatic carbocycles. The number of aryl methyl sites for hydroxylation is 2. The van der Waals surface area contributed by atoms with Gasteiger partial charge in [-0.1, -0.05) is 30.3 Å². The molecule has 8 heteroatoms. The first kappa shape index (κ1) is 20.6. The van der Waals surface area contributed by atoms with Crippen LogP contribution in [0.1, 0.15) is 27.2 Å². The van der Waals surface area contributed by atoms with Gasteiger partial charge in [0.2, 0.25) is 0 Å². The van der Waals surface area contributed by atoms with Crippen molar-refractivity contribution in [1.29, 1.82) is 0 Å². The normalized spacial score (nSPS) is 11.5. The van der Waals surface area contributed by atoms with E-state index in [4.69, 9.17) is 0 Å². The van der Waals surface area contributed by atoms with Gasteiger partial charge in [0.1, 0.15) is 17.7 Å². The van der Waals surface area contributed by atoms with Crippen molar-refractivity contribution in [3.63, 3.8) is 0 Å². The Bertz CT molecular complexity index is 1360. The summed E-state index contributed by atoms with van der Waals surface area (Å²) >= 11 is 0. The molecule has 0 atom stereocenters. The summed E-state index contributed by atoms with van der Waals surface area (Å²) < 4.78 is 30.4. The second kappa shape index (κ2) is 7.88. The number of hydrogen-bond donors (Lipinski definition) is 1. The first-order chi connectivity index (χ1) is 14.8. The quantitative estimate of drug-likeness (QED) is 0.464. The van der Waals surface area contributed by atoms with Gasteiger partial charge in [-0.25, -0.2) is 17.7 Å². The second-order valence-electron chi connectivity index (χ2n) is 7.27. The van der Waals surface area contributed by atoms with Gasteiger partial charge in [-0.3, -0.25) is 4.79 Å². The summed E-state index contributed by atoms with van der Waals surface area (Å²) in [6, 6.07) is 15.9. The molecule has 4 aromatic rings. The zero-order valence-electron chi connectivity index (χ0n) is 17.1. The Morgan fingerprint density at radius 2 is 1.71 bits per heavy atom. The third kappa shape index (κ3) is 3.77. The van der Waals surface area contributed by atoms with Crippen molar-refractivity contribution in [2.45, 2.75) is 25.3 Å². The molecule has 0 bridgehead atoms. The lowest BCUT2D eigenvalue weighted by Gasteiger charge is -2.23. The van der Waals surface area contributed by atoms with Gasteiger partial charge in [0, 0.05) is 11.8 Å². The van der Waals surface area contributed by atoms with Crippen molar-refractivity contribution >= 4 is 27.8 Å². The van der Waals surface area contributed by atoms with Gasteiger partial charge in [0.25, 0.3) is 10.0 Å². The number of benzene rings is 2. The van der Waals surface area contributed by atoms with Gasteiger partial charge in [-0.15, -0.1) is 0 Å². The highest BCUT2D eigenvalue weighted by atomic mass is 32.2. The predicted octanol–water partition coefficient (Wildman–Crippen LogP) is 3.86. The van der Waals surface area contributed by atoms with Gasteiger partial charge < -0.3 is 9.51 Å². The predicted molar refractivity (Wildman–Crippen MR) is 118 cm³/mol. The molecule has 0 fully saturated rings. The molecule has 0 spiro atoms. The molecule has 0 unspecified atom stereocenters. The number of phenolic OH excluding ortho intramolecular Hbond substituents is 1. The van der Waals surface area contributed by atoms with Crippen LogP contribution < -0.4 is 4.31 Å². The van der Waals surface area contributed by atoms with Gasteiger partial charge in [0.05, 0.1) is 17.1 Å². The Kier molecular flexibility index (Phi) is 5.24. The number of carbonyl (C=O) groups is 1. The van der Waals surface area contributed by atoms with Gasteiger partial charge >= 0.3 is 0 Å². The van der Waals surface area contributed by atoms with Crippen LogP contribution in [0.5, 0.6) is 5.75 Å². The first-order valence-corrected chi connectivity index (χ1v) is 11.1. The number of sulfonamides is 1. The molecule has 7 nitrogen and oxygen atoms in total. The number of aromatic nitrogens is 2. The van der Waals surface area contributed by atoms with Crippen LogP contribution in [0.2, 0.25) is 0 Å². The second-order valence-corrected chi connectivity index (χ2v) is 9.13. The number of aromatic hydroxyl groups is 1. The topological polar surface area (TPSA) is 92.0 Å². The molecule has 0 saturated heterocycles. The number of fused-ring (bicyclic) bond motifs is 1. The summed E-state index contributed by atoms with van der Waals surface area (Å²) in [5.74, 6) is 0.420. The standard InChI is InChI=1S/C23H21N3O4S/c1-16-4-3-13-25-17(2)23(24-22(16)25)26(14-18-5-9-20(28)10-6-18)31(29,30)21-11-7-19(15-27)8-12-21/h3-13,15,28H,14H2,1-2H3. The van der Waals surface area contributed by atoms with Crippen LogP contribution in [-0.4, -0.2) is 29.2 Å². The number of imidazole rings is 1. The van der Waals surface area contributed by atoms with Gasteiger partial charge in [-0.2, -0.15) is 0 Å². The van der Waals surface area contributed by atoms with E-state index in [-0.39, 0.29) is 17.2 Å². The van der Waals surface area contributed by atoms with E-state index in [9.17, 15) is 18.3 Å². The fourth-order valence-electron chi connectivity index (χ4n) is 3.43. The molecule has 1 N–H and O–H groups in total. The third-order valence-corrected chi connectivity index (χ3v) is 6.91. The van der Waals surface area contributed by atoms with E-state index in [1.807, 2.05) is 36.6 Å². The fourth-order valence-corrected chi connectivity index (χ4v) is 4.89. The van der Waals surface area contributed by atoms with Crippen LogP contribution >= 0.6 is 0 Å². The molecule has 2 aromatic carbocycles. The van der Waals surface area contributed by atoms with Crippen molar-refractivity contribution in [3.05, 3.63) is 89.2 Å². The smallest absolute Gasteiger partial charge is 0.265 e. The van der Waals surface area contributed by atoms with Crippen molar-refractivity contribution in [2.24, 2.45) is 0 Å². The number of carbonyl (C=O) groups excluding carboxylic acids is 1. The highest BCUT2D eigenvalue weighted by Gasteiger charge is 2.29. The van der Waals surface area contributed by atoms with E-state index in [0.29, 0.717) is 34.6 Å². The summed E-state index contributed by atoms with van der Waals surface area (Å²) in [5, 5.41) is 9.59. The van der Waals surface area contributed by atoms with Crippen LogP contribution in [-0.2, 0) is 16.6 Å². The maximum Gasteiger partial charge on any atom is 0.265 e. The van der Waals surface area contributed by atoms with E-state index in [1.54, 1.807) is 12.1 Å². The summed E-state index contributed by atoms with van der Waals surface area (Å²) in [6.07, 6.45) is 2.51. The molecular formula is C23H21N3O4S. The Morgan fingerprint density at radius 1 is 1.03 bits per heavy atom. The number of rotatable bonds is 6. The summed E-state index contributed by atoms with van der Waals surface area (Å²) in [7, 11) is -3.99. The number of anilines is 1. The van der Waals surface area contributed by atoms with Crippen molar-refractivity contribution < 1.29 is 18.3 Å². The summed E-state index contributed by atoms with van der Waals surface area (Å²) in [5.41, 5.74) is 3.37. The van der Waals surface area contributed by atoms with E-state index in [2.05, 4.69) is 4.98 Å². The maximum absolute atomic E-state index is 13.7. The lowest BCUT2D eigenvalue weighted by Crippen LogP contribution is -2.31. The minimum absolute atomic E-state index is 0.0296. The number of pyridine rings is 1. The summed E-state index contributed by atoms with van der Waals surface area (Å²) in [6.45, 7) is 3.77. The lowest BCUT2D eigenvalue weighted by atomic mass is 10.2. The minimum Gasteiger partial charge on any atom is -0.508 e. The summed E-state index contributed by atoms with van der Waals surface area (Å²) in [4.78, 5) is 15.7. The Morgan fingerprint density at radius 3 is 2.32 bits per heavy atom. The Labute approximate surface area is 180 Å².